The average Bonchev–Trinajstić information content (AvgIpc) is 2.37. The van der Waals surface area contributed by atoms with Crippen LogP contribution in [0.3, 0.4) is 0 Å². The number of nitrogens with one attached hydrogen (secondary N) is 2. The van der Waals surface area contributed by atoms with Gasteiger partial charge in [-0.15, -0.1) is 0 Å². The first-order valence-electron chi connectivity index (χ1n) is 5.78. The van der Waals surface area contributed by atoms with Gasteiger partial charge in [0.25, 0.3) is 5.91 Å². The Balaban J connectivity index is 1.90. The molecule has 0 aliphatic carbocycles. The molecule has 1 aromatic rings. The Hall–Kier alpha value is -1.79. The molecule has 1 amide bonds. The van der Waals surface area contributed by atoms with Gasteiger partial charge in [-0.25, -0.2) is 0 Å². The molecule has 6 nitrogen and oxygen atoms in total. The summed E-state index contributed by atoms with van der Waals surface area (Å²) >= 11 is 0. The number of ether oxygens (including phenoxy) is 1. The zero-order valence-electron chi connectivity index (χ0n) is 9.85. The minimum atomic E-state index is -0.375. The van der Waals surface area contributed by atoms with Crippen LogP contribution in [0, 0.1) is 0 Å². The fraction of sp³-hybridized carbons (Fsp3) is 0.417. The summed E-state index contributed by atoms with van der Waals surface area (Å²) in [5.41, 5.74) is 0.143. The first-order valence-corrected chi connectivity index (χ1v) is 5.78. The van der Waals surface area contributed by atoms with Gasteiger partial charge in [0.2, 0.25) is 0 Å². The maximum Gasteiger partial charge on any atom is 0.255 e. The molecular weight excluding hydrogens is 236 g/mol. The molecule has 4 N–H and O–H groups in total. The lowest BCUT2D eigenvalue weighted by atomic mass is 10.1. The van der Waals surface area contributed by atoms with Crippen molar-refractivity contribution in [3.8, 4) is 11.5 Å². The first kappa shape index (κ1) is 12.7. The number of rotatable bonds is 3. The zero-order chi connectivity index (χ0) is 13.0. The Bertz CT molecular complexity index is 430. The number of phenols is 2. The number of morpholine rings is 1. The summed E-state index contributed by atoms with van der Waals surface area (Å²) < 4.78 is 5.26. The summed E-state index contributed by atoms with van der Waals surface area (Å²) in [5, 5.41) is 24.6. The highest BCUT2D eigenvalue weighted by Crippen LogP contribution is 2.22. The van der Waals surface area contributed by atoms with Crippen LogP contribution in [0.25, 0.3) is 0 Å². The number of benzene rings is 1. The normalized spacial score (nSPS) is 19.4. The van der Waals surface area contributed by atoms with E-state index >= 15 is 0 Å². The quantitative estimate of drug-likeness (QED) is 0.599. The molecule has 0 spiro atoms. The van der Waals surface area contributed by atoms with Gasteiger partial charge in [0.1, 0.15) is 11.5 Å². The van der Waals surface area contributed by atoms with Crippen LogP contribution >= 0.6 is 0 Å². The lowest BCUT2D eigenvalue weighted by Crippen LogP contribution is -2.48. The maximum absolute atomic E-state index is 11.8. The summed E-state index contributed by atoms with van der Waals surface area (Å²) in [4.78, 5) is 11.8. The standard InChI is InChI=1S/C12H16N2O4/c15-9-1-2-10(11(16)5-9)12(17)14-6-8-7-18-4-3-13-8/h1-2,5,8,13,15-16H,3-4,6-7H2,(H,14,17). The molecule has 98 valence electrons. The number of aromatic hydroxyl groups is 2. The molecule has 1 saturated heterocycles. The smallest absolute Gasteiger partial charge is 0.255 e. The molecule has 1 unspecified atom stereocenters. The van der Waals surface area contributed by atoms with Gasteiger partial charge in [-0.3, -0.25) is 4.79 Å². The molecule has 0 aromatic heterocycles. The van der Waals surface area contributed by atoms with Gasteiger partial charge in [-0.1, -0.05) is 0 Å². The van der Waals surface area contributed by atoms with E-state index in [1.54, 1.807) is 0 Å². The number of phenolic OH excluding ortho intramolecular Hbond substituents is 2. The average molecular weight is 252 g/mol. The van der Waals surface area contributed by atoms with Gasteiger partial charge in [-0.2, -0.15) is 0 Å². The van der Waals surface area contributed by atoms with Crippen LogP contribution in [0.5, 0.6) is 11.5 Å². The minimum absolute atomic E-state index is 0.0774. The van der Waals surface area contributed by atoms with Crippen LogP contribution in [0.1, 0.15) is 10.4 Å². The van der Waals surface area contributed by atoms with Crippen LogP contribution in [0.4, 0.5) is 0 Å². The van der Waals surface area contributed by atoms with E-state index in [-0.39, 0.29) is 29.0 Å². The van der Waals surface area contributed by atoms with Gasteiger partial charge >= 0.3 is 0 Å². The SMILES string of the molecule is O=C(NCC1COCCN1)c1ccc(O)cc1O. The molecule has 6 heteroatoms. The molecule has 0 bridgehead atoms. The molecule has 0 saturated carbocycles. The Morgan fingerprint density at radius 3 is 3.00 bits per heavy atom. The van der Waals surface area contributed by atoms with E-state index in [4.69, 9.17) is 9.84 Å². The second-order valence-corrected chi connectivity index (χ2v) is 4.14. The fourth-order valence-corrected chi connectivity index (χ4v) is 1.77. The Morgan fingerprint density at radius 2 is 2.33 bits per heavy atom. The molecule has 1 aliphatic heterocycles. The van der Waals surface area contributed by atoms with Crippen molar-refractivity contribution in [2.45, 2.75) is 6.04 Å². The van der Waals surface area contributed by atoms with Crippen LogP contribution < -0.4 is 10.6 Å². The third-order valence-corrected chi connectivity index (χ3v) is 2.73. The molecule has 1 aromatic carbocycles. The number of hydrogen-bond acceptors (Lipinski definition) is 5. The van der Waals surface area contributed by atoms with Gasteiger partial charge in [0, 0.05) is 25.2 Å². The third-order valence-electron chi connectivity index (χ3n) is 2.73. The number of carbonyl (C=O) groups excluding carboxylic acids is 1. The van der Waals surface area contributed by atoms with Crippen molar-refractivity contribution in [1.82, 2.24) is 10.6 Å². The molecule has 2 rings (SSSR count). The molecule has 1 atom stereocenters. The highest BCUT2D eigenvalue weighted by atomic mass is 16.5. The Morgan fingerprint density at radius 1 is 1.50 bits per heavy atom. The summed E-state index contributed by atoms with van der Waals surface area (Å²) in [6, 6.07) is 3.96. The van der Waals surface area contributed by atoms with Crippen molar-refractivity contribution in [2.75, 3.05) is 26.3 Å². The molecular formula is C12H16N2O4. The van der Waals surface area contributed by atoms with Gasteiger partial charge < -0.3 is 25.6 Å². The van der Waals surface area contributed by atoms with E-state index in [0.29, 0.717) is 19.8 Å². The van der Waals surface area contributed by atoms with E-state index in [1.165, 1.54) is 12.1 Å². The molecule has 1 aliphatic rings. The van der Waals surface area contributed by atoms with Crippen molar-refractivity contribution in [1.29, 1.82) is 0 Å². The first-order chi connectivity index (χ1) is 8.66. The number of hydrogen-bond donors (Lipinski definition) is 4. The monoisotopic (exact) mass is 252 g/mol. The summed E-state index contributed by atoms with van der Waals surface area (Å²) in [7, 11) is 0. The summed E-state index contributed by atoms with van der Waals surface area (Å²) in [5.74, 6) is -0.688. The van der Waals surface area contributed by atoms with Gasteiger partial charge in [0.15, 0.2) is 0 Å². The second-order valence-electron chi connectivity index (χ2n) is 4.14. The lowest BCUT2D eigenvalue weighted by Gasteiger charge is -2.23. The summed E-state index contributed by atoms with van der Waals surface area (Å²) in [6.45, 7) is 2.44. The van der Waals surface area contributed by atoms with Crippen LogP contribution in [-0.2, 0) is 4.74 Å². The van der Waals surface area contributed by atoms with Crippen LogP contribution in [-0.4, -0.2) is 48.5 Å². The maximum atomic E-state index is 11.8. The highest BCUT2D eigenvalue weighted by Gasteiger charge is 2.16. The third kappa shape index (κ3) is 3.12. The van der Waals surface area contributed by atoms with E-state index in [9.17, 15) is 9.90 Å². The molecule has 1 heterocycles. The van der Waals surface area contributed by atoms with Crippen LogP contribution in [0.15, 0.2) is 18.2 Å². The van der Waals surface area contributed by atoms with E-state index < -0.39 is 0 Å². The largest absolute Gasteiger partial charge is 0.508 e. The molecule has 1 fully saturated rings. The number of amides is 1. The molecule has 18 heavy (non-hydrogen) atoms. The van der Waals surface area contributed by atoms with Crippen LogP contribution in [0.2, 0.25) is 0 Å². The lowest BCUT2D eigenvalue weighted by molar-refractivity contribution is 0.0734. The second kappa shape index (κ2) is 5.70. The topological polar surface area (TPSA) is 90.8 Å². The minimum Gasteiger partial charge on any atom is -0.508 e. The van der Waals surface area contributed by atoms with Crippen molar-refractivity contribution in [3.63, 3.8) is 0 Å². The number of carbonyl (C=O) groups is 1. The van der Waals surface area contributed by atoms with Crippen molar-refractivity contribution >= 4 is 5.91 Å². The van der Waals surface area contributed by atoms with E-state index in [2.05, 4.69) is 10.6 Å². The Kier molecular flexibility index (Phi) is 4.01. The van der Waals surface area contributed by atoms with Crippen molar-refractivity contribution in [2.24, 2.45) is 0 Å². The van der Waals surface area contributed by atoms with Gasteiger partial charge in [0.05, 0.1) is 18.8 Å². The zero-order valence-corrected chi connectivity index (χ0v) is 9.85. The van der Waals surface area contributed by atoms with Gasteiger partial charge in [-0.05, 0) is 12.1 Å². The molecule has 0 radical (unpaired) electrons. The van der Waals surface area contributed by atoms with E-state index in [0.717, 1.165) is 12.6 Å². The predicted molar refractivity (Wildman–Crippen MR) is 64.7 cm³/mol. The highest BCUT2D eigenvalue weighted by molar-refractivity contribution is 5.97. The van der Waals surface area contributed by atoms with Crippen molar-refractivity contribution < 1.29 is 19.7 Å². The summed E-state index contributed by atoms with van der Waals surface area (Å²) in [6.07, 6.45) is 0. The Labute approximate surface area is 105 Å². The predicted octanol–water partition coefficient (Wildman–Crippen LogP) is -0.184. The van der Waals surface area contributed by atoms with Crippen molar-refractivity contribution in [3.05, 3.63) is 23.8 Å². The van der Waals surface area contributed by atoms with E-state index in [1.807, 2.05) is 0 Å². The fourth-order valence-electron chi connectivity index (χ4n) is 1.77.